The maximum Gasteiger partial charge on any atom is 0.122 e. The van der Waals surface area contributed by atoms with Crippen LogP contribution >= 0.6 is 0 Å². The lowest BCUT2D eigenvalue weighted by Gasteiger charge is -2.28. The molecule has 1 N–H and O–H groups in total. The van der Waals surface area contributed by atoms with Crippen LogP contribution in [0.5, 0.6) is 0 Å². The molecule has 2 heterocycles. The first-order valence-electron chi connectivity index (χ1n) is 8.15. The second-order valence-corrected chi connectivity index (χ2v) is 7.29. The van der Waals surface area contributed by atoms with E-state index < -0.39 is 0 Å². The highest BCUT2D eigenvalue weighted by atomic mass is 16.3. The van der Waals surface area contributed by atoms with Crippen LogP contribution in [0, 0.1) is 5.41 Å². The van der Waals surface area contributed by atoms with Crippen LogP contribution in [0.4, 0.5) is 0 Å². The fourth-order valence-electron chi connectivity index (χ4n) is 3.83. The Balaban J connectivity index is 1.59. The first kappa shape index (κ1) is 14.2. The monoisotopic (exact) mass is 276 g/mol. The van der Waals surface area contributed by atoms with Crippen molar-refractivity contribution in [3.8, 4) is 0 Å². The van der Waals surface area contributed by atoms with E-state index in [0.717, 1.165) is 12.3 Å². The van der Waals surface area contributed by atoms with Crippen LogP contribution in [-0.2, 0) is 0 Å². The Kier molecular flexibility index (Phi) is 4.18. The molecule has 1 aromatic heterocycles. The predicted molar refractivity (Wildman–Crippen MR) is 81.7 cm³/mol. The van der Waals surface area contributed by atoms with Crippen molar-refractivity contribution in [2.75, 3.05) is 19.6 Å². The molecule has 3 nitrogen and oxygen atoms in total. The van der Waals surface area contributed by atoms with Gasteiger partial charge in [-0.25, -0.2) is 0 Å². The van der Waals surface area contributed by atoms with Gasteiger partial charge in [0.25, 0.3) is 0 Å². The largest absolute Gasteiger partial charge is 0.468 e. The van der Waals surface area contributed by atoms with E-state index in [1.807, 2.05) is 6.07 Å². The second-order valence-electron chi connectivity index (χ2n) is 7.29. The molecule has 1 aliphatic heterocycles. The van der Waals surface area contributed by atoms with Crippen molar-refractivity contribution in [3.05, 3.63) is 24.2 Å². The number of rotatable bonds is 5. The normalized spacial score (nSPS) is 28.0. The second kappa shape index (κ2) is 5.90. The molecule has 2 fully saturated rings. The number of likely N-dealkylation sites (tertiary alicyclic amines) is 1. The van der Waals surface area contributed by atoms with Gasteiger partial charge < -0.3 is 9.73 Å². The minimum Gasteiger partial charge on any atom is -0.468 e. The molecule has 1 aromatic rings. The Morgan fingerprint density at radius 2 is 2.20 bits per heavy atom. The van der Waals surface area contributed by atoms with Gasteiger partial charge in [-0.2, -0.15) is 0 Å². The summed E-state index contributed by atoms with van der Waals surface area (Å²) in [5, 5.41) is 3.80. The summed E-state index contributed by atoms with van der Waals surface area (Å²) in [6, 6.07) is 5.24. The molecule has 0 amide bonds. The highest BCUT2D eigenvalue weighted by Gasteiger charge is 2.32. The summed E-state index contributed by atoms with van der Waals surface area (Å²) >= 11 is 0. The number of nitrogens with zero attached hydrogens (tertiary/aromatic N) is 1. The topological polar surface area (TPSA) is 28.4 Å². The molecular weight excluding hydrogens is 248 g/mol. The number of furan rings is 1. The third kappa shape index (κ3) is 3.26. The van der Waals surface area contributed by atoms with E-state index in [-0.39, 0.29) is 0 Å². The quantitative estimate of drug-likeness (QED) is 0.891. The van der Waals surface area contributed by atoms with E-state index in [2.05, 4.69) is 30.1 Å². The van der Waals surface area contributed by atoms with Crippen LogP contribution in [0.25, 0.3) is 0 Å². The SMILES string of the molecule is CC1(C)CCC(NCC(c2ccco2)N2CCCC2)C1. The Labute approximate surface area is 122 Å². The maximum atomic E-state index is 5.68. The lowest BCUT2D eigenvalue weighted by Crippen LogP contribution is -2.38. The summed E-state index contributed by atoms with van der Waals surface area (Å²) in [6.45, 7) is 8.22. The molecule has 0 spiro atoms. The molecule has 20 heavy (non-hydrogen) atoms. The molecule has 3 heteroatoms. The third-order valence-corrected chi connectivity index (χ3v) is 5.02. The highest BCUT2D eigenvalue weighted by Crippen LogP contribution is 2.37. The fourth-order valence-corrected chi connectivity index (χ4v) is 3.83. The van der Waals surface area contributed by atoms with Gasteiger partial charge >= 0.3 is 0 Å². The van der Waals surface area contributed by atoms with Crippen molar-refractivity contribution in [2.24, 2.45) is 5.41 Å². The summed E-state index contributed by atoms with van der Waals surface area (Å²) in [4.78, 5) is 2.58. The van der Waals surface area contributed by atoms with E-state index in [4.69, 9.17) is 4.42 Å². The smallest absolute Gasteiger partial charge is 0.122 e. The Morgan fingerprint density at radius 1 is 1.40 bits per heavy atom. The van der Waals surface area contributed by atoms with Crippen LogP contribution in [-0.4, -0.2) is 30.6 Å². The summed E-state index contributed by atoms with van der Waals surface area (Å²) in [7, 11) is 0. The molecule has 2 unspecified atom stereocenters. The minimum atomic E-state index is 0.413. The van der Waals surface area contributed by atoms with Crippen LogP contribution in [0.2, 0.25) is 0 Å². The van der Waals surface area contributed by atoms with Gasteiger partial charge in [0.15, 0.2) is 0 Å². The molecule has 1 aliphatic carbocycles. The molecule has 1 saturated heterocycles. The van der Waals surface area contributed by atoms with E-state index >= 15 is 0 Å². The van der Waals surface area contributed by atoms with Crippen molar-refractivity contribution in [1.29, 1.82) is 0 Å². The summed E-state index contributed by atoms with van der Waals surface area (Å²) < 4.78 is 5.68. The van der Waals surface area contributed by atoms with Gasteiger partial charge in [-0.05, 0) is 62.7 Å². The van der Waals surface area contributed by atoms with Gasteiger partial charge in [0.2, 0.25) is 0 Å². The Bertz CT molecular complexity index is 407. The van der Waals surface area contributed by atoms with Gasteiger partial charge in [0.05, 0.1) is 12.3 Å². The van der Waals surface area contributed by atoms with Gasteiger partial charge in [0, 0.05) is 12.6 Å². The average molecular weight is 276 g/mol. The zero-order valence-electron chi connectivity index (χ0n) is 12.9. The van der Waals surface area contributed by atoms with Crippen molar-refractivity contribution >= 4 is 0 Å². The van der Waals surface area contributed by atoms with Crippen LogP contribution in [0.1, 0.15) is 57.8 Å². The summed E-state index contributed by atoms with van der Waals surface area (Å²) in [6.07, 6.45) is 8.42. The minimum absolute atomic E-state index is 0.413. The van der Waals surface area contributed by atoms with E-state index in [9.17, 15) is 0 Å². The predicted octanol–water partition coefficient (Wildman–Crippen LogP) is 3.58. The molecule has 1 saturated carbocycles. The lowest BCUT2D eigenvalue weighted by atomic mass is 9.92. The zero-order valence-corrected chi connectivity index (χ0v) is 12.9. The van der Waals surface area contributed by atoms with Crippen molar-refractivity contribution in [1.82, 2.24) is 10.2 Å². The Hall–Kier alpha value is -0.800. The highest BCUT2D eigenvalue weighted by molar-refractivity contribution is 5.06. The maximum absolute atomic E-state index is 5.68. The van der Waals surface area contributed by atoms with Gasteiger partial charge in [-0.3, -0.25) is 4.90 Å². The molecule has 2 aliphatic rings. The molecule has 3 rings (SSSR count). The lowest BCUT2D eigenvalue weighted by molar-refractivity contribution is 0.203. The van der Waals surface area contributed by atoms with Crippen molar-refractivity contribution < 1.29 is 4.42 Å². The van der Waals surface area contributed by atoms with E-state index in [1.54, 1.807) is 6.26 Å². The van der Waals surface area contributed by atoms with Crippen LogP contribution < -0.4 is 5.32 Å². The Morgan fingerprint density at radius 3 is 2.80 bits per heavy atom. The van der Waals surface area contributed by atoms with Gasteiger partial charge in [-0.1, -0.05) is 13.8 Å². The van der Waals surface area contributed by atoms with Crippen molar-refractivity contribution in [3.63, 3.8) is 0 Å². The molecule has 0 bridgehead atoms. The molecule has 2 atom stereocenters. The summed E-state index contributed by atoms with van der Waals surface area (Å²) in [5.74, 6) is 1.12. The number of hydrogen-bond acceptors (Lipinski definition) is 3. The number of nitrogens with one attached hydrogen (secondary N) is 1. The van der Waals surface area contributed by atoms with Gasteiger partial charge in [-0.15, -0.1) is 0 Å². The fraction of sp³-hybridized carbons (Fsp3) is 0.765. The van der Waals surface area contributed by atoms with E-state index in [0.29, 0.717) is 17.5 Å². The molecule has 0 radical (unpaired) electrons. The third-order valence-electron chi connectivity index (χ3n) is 5.02. The van der Waals surface area contributed by atoms with Gasteiger partial charge in [0.1, 0.15) is 5.76 Å². The first-order chi connectivity index (χ1) is 9.64. The standard InChI is InChI=1S/C17H28N2O/c1-17(2)8-7-14(12-17)18-13-15(16-6-5-11-20-16)19-9-3-4-10-19/h5-6,11,14-15,18H,3-4,7-10,12-13H2,1-2H3. The molecule has 0 aromatic carbocycles. The first-order valence-corrected chi connectivity index (χ1v) is 8.15. The van der Waals surface area contributed by atoms with E-state index in [1.165, 1.54) is 45.2 Å². The number of hydrogen-bond donors (Lipinski definition) is 1. The average Bonchev–Trinajstić information content (AvgIpc) is 3.12. The zero-order chi connectivity index (χ0) is 14.0. The van der Waals surface area contributed by atoms with Crippen molar-refractivity contribution in [2.45, 2.75) is 58.0 Å². The molecule has 112 valence electrons. The van der Waals surface area contributed by atoms with Crippen LogP contribution in [0.3, 0.4) is 0 Å². The van der Waals surface area contributed by atoms with Crippen LogP contribution in [0.15, 0.2) is 22.8 Å². The summed E-state index contributed by atoms with van der Waals surface area (Å²) in [5.41, 5.74) is 0.519. The molecular formula is C17H28N2O.